The maximum absolute atomic E-state index is 12.3. The van der Waals surface area contributed by atoms with Gasteiger partial charge >= 0.3 is 12.0 Å². The molecule has 1 aliphatic carbocycles. The topological polar surface area (TPSA) is 61.9 Å². The van der Waals surface area contributed by atoms with Crippen LogP contribution in [0.1, 0.15) is 30.1 Å². The maximum Gasteiger partial charge on any atom is 0.338 e. The number of nitrogens with one attached hydrogen (secondary N) is 1. The molecule has 0 aromatic heterocycles. The molecule has 1 N–H and O–H groups in total. The summed E-state index contributed by atoms with van der Waals surface area (Å²) < 4.78 is 4.94. The Kier molecular flexibility index (Phi) is 4.81. The Balaban J connectivity index is 1.50. The van der Waals surface area contributed by atoms with E-state index in [1.807, 2.05) is 4.90 Å². The predicted molar refractivity (Wildman–Crippen MR) is 87.6 cm³/mol. The molecule has 23 heavy (non-hydrogen) atoms. The van der Waals surface area contributed by atoms with Crippen LogP contribution < -0.4 is 5.32 Å². The lowest BCUT2D eigenvalue weighted by Gasteiger charge is -2.34. The van der Waals surface area contributed by atoms with Gasteiger partial charge in [-0.15, -0.1) is 0 Å². The minimum absolute atomic E-state index is 0.0793. The first-order valence-electron chi connectivity index (χ1n) is 8.24. The molecular weight excluding hydrogens is 294 g/mol. The molecule has 2 amide bonds. The quantitative estimate of drug-likeness (QED) is 0.865. The Bertz CT molecular complexity index is 561. The highest BCUT2D eigenvalue weighted by atomic mass is 16.5. The number of urea groups is 1. The van der Waals surface area contributed by atoms with Crippen LogP contribution in [-0.2, 0) is 4.74 Å². The zero-order valence-corrected chi connectivity index (χ0v) is 13.5. The highest BCUT2D eigenvalue weighted by Gasteiger charge is 2.32. The predicted octanol–water partition coefficient (Wildman–Crippen LogP) is 2.18. The lowest BCUT2D eigenvalue weighted by Crippen LogP contribution is -2.50. The summed E-state index contributed by atoms with van der Waals surface area (Å²) in [6.45, 7) is 5.58. The number of ether oxygens (including phenoxy) is 1. The number of rotatable bonds is 4. The van der Waals surface area contributed by atoms with Crippen LogP contribution in [0.2, 0.25) is 0 Å². The van der Waals surface area contributed by atoms with Crippen molar-refractivity contribution in [3.63, 3.8) is 0 Å². The Morgan fingerprint density at radius 2 is 1.78 bits per heavy atom. The molecule has 6 nitrogen and oxygen atoms in total. The lowest BCUT2D eigenvalue weighted by molar-refractivity contribution is 0.0526. The van der Waals surface area contributed by atoms with E-state index in [2.05, 4.69) is 10.2 Å². The molecule has 0 atom stereocenters. The fraction of sp³-hybridized carbons (Fsp3) is 0.529. The SMILES string of the molecule is CCOC(=O)c1ccc(NC(=O)N2CCN(C3CC3)CC2)cc1. The van der Waals surface area contributed by atoms with E-state index in [0.29, 0.717) is 17.9 Å². The first-order valence-corrected chi connectivity index (χ1v) is 8.24. The third-order valence-electron chi connectivity index (χ3n) is 4.31. The summed E-state index contributed by atoms with van der Waals surface area (Å²) in [4.78, 5) is 28.2. The second-order valence-electron chi connectivity index (χ2n) is 5.98. The number of anilines is 1. The van der Waals surface area contributed by atoms with Crippen molar-refractivity contribution in [3.05, 3.63) is 29.8 Å². The number of esters is 1. The van der Waals surface area contributed by atoms with E-state index in [9.17, 15) is 9.59 Å². The fourth-order valence-corrected chi connectivity index (χ4v) is 2.84. The van der Waals surface area contributed by atoms with Crippen LogP contribution in [0.5, 0.6) is 0 Å². The van der Waals surface area contributed by atoms with Crippen molar-refractivity contribution in [1.29, 1.82) is 0 Å². The van der Waals surface area contributed by atoms with E-state index in [-0.39, 0.29) is 12.0 Å². The molecule has 0 spiro atoms. The van der Waals surface area contributed by atoms with Gasteiger partial charge in [0.05, 0.1) is 12.2 Å². The Labute approximate surface area is 136 Å². The Morgan fingerprint density at radius 1 is 1.13 bits per heavy atom. The normalized spacial score (nSPS) is 18.6. The number of hydrogen-bond acceptors (Lipinski definition) is 4. The van der Waals surface area contributed by atoms with Crippen LogP contribution in [0.4, 0.5) is 10.5 Å². The highest BCUT2D eigenvalue weighted by molar-refractivity contribution is 5.92. The molecule has 0 unspecified atom stereocenters. The van der Waals surface area contributed by atoms with Gasteiger partial charge in [0.25, 0.3) is 0 Å². The molecule has 0 radical (unpaired) electrons. The van der Waals surface area contributed by atoms with E-state index in [0.717, 1.165) is 32.2 Å². The fourth-order valence-electron chi connectivity index (χ4n) is 2.84. The molecule has 1 aromatic carbocycles. The van der Waals surface area contributed by atoms with E-state index in [1.54, 1.807) is 31.2 Å². The third kappa shape index (κ3) is 4.01. The number of hydrogen-bond donors (Lipinski definition) is 1. The molecule has 1 aromatic rings. The standard InChI is InChI=1S/C17H23N3O3/c1-2-23-16(21)13-3-5-14(6-4-13)18-17(22)20-11-9-19(10-12-20)15-7-8-15/h3-6,15H,2,7-12H2,1H3,(H,18,22). The van der Waals surface area contributed by atoms with Crippen LogP contribution in [0.3, 0.4) is 0 Å². The van der Waals surface area contributed by atoms with Crippen LogP contribution in [-0.4, -0.2) is 60.6 Å². The van der Waals surface area contributed by atoms with E-state index in [1.165, 1.54) is 12.8 Å². The average Bonchev–Trinajstić information content (AvgIpc) is 3.41. The Morgan fingerprint density at radius 3 is 2.35 bits per heavy atom. The van der Waals surface area contributed by atoms with Crippen molar-refractivity contribution in [3.8, 4) is 0 Å². The van der Waals surface area contributed by atoms with Crippen LogP contribution in [0.25, 0.3) is 0 Å². The van der Waals surface area contributed by atoms with Crippen LogP contribution >= 0.6 is 0 Å². The molecule has 1 heterocycles. The van der Waals surface area contributed by atoms with Gasteiger partial charge in [-0.25, -0.2) is 9.59 Å². The van der Waals surface area contributed by atoms with Gasteiger partial charge in [0.2, 0.25) is 0 Å². The molecule has 124 valence electrons. The molecule has 1 aliphatic heterocycles. The lowest BCUT2D eigenvalue weighted by atomic mass is 10.2. The molecule has 1 saturated carbocycles. The number of carbonyl (C=O) groups excluding carboxylic acids is 2. The first-order chi connectivity index (χ1) is 11.2. The molecule has 3 rings (SSSR count). The minimum Gasteiger partial charge on any atom is -0.462 e. The van der Waals surface area contributed by atoms with Gasteiger partial charge < -0.3 is 15.0 Å². The van der Waals surface area contributed by atoms with E-state index < -0.39 is 0 Å². The van der Waals surface area contributed by atoms with Gasteiger partial charge in [-0.05, 0) is 44.0 Å². The van der Waals surface area contributed by atoms with Crippen LogP contribution in [0, 0.1) is 0 Å². The van der Waals surface area contributed by atoms with E-state index >= 15 is 0 Å². The molecule has 6 heteroatoms. The third-order valence-corrected chi connectivity index (χ3v) is 4.31. The number of piperazine rings is 1. The Hall–Kier alpha value is -2.08. The zero-order valence-electron chi connectivity index (χ0n) is 13.5. The molecule has 2 aliphatic rings. The number of carbonyl (C=O) groups is 2. The summed E-state index contributed by atoms with van der Waals surface area (Å²) in [5, 5.41) is 2.89. The smallest absolute Gasteiger partial charge is 0.338 e. The molecule has 1 saturated heterocycles. The summed E-state index contributed by atoms with van der Waals surface area (Å²) in [6, 6.07) is 7.46. The minimum atomic E-state index is -0.346. The van der Waals surface area contributed by atoms with Crippen molar-refractivity contribution in [2.24, 2.45) is 0 Å². The highest BCUT2D eigenvalue weighted by Crippen LogP contribution is 2.27. The van der Waals surface area contributed by atoms with Crippen molar-refractivity contribution >= 4 is 17.7 Å². The van der Waals surface area contributed by atoms with Gasteiger partial charge in [0.1, 0.15) is 0 Å². The zero-order chi connectivity index (χ0) is 16.2. The monoisotopic (exact) mass is 317 g/mol. The maximum atomic E-state index is 12.3. The van der Waals surface area contributed by atoms with Gasteiger partial charge in [-0.1, -0.05) is 0 Å². The van der Waals surface area contributed by atoms with Gasteiger partial charge in [-0.3, -0.25) is 4.90 Å². The molecule has 0 bridgehead atoms. The van der Waals surface area contributed by atoms with Crippen molar-refractivity contribution in [2.45, 2.75) is 25.8 Å². The van der Waals surface area contributed by atoms with Crippen LogP contribution in [0.15, 0.2) is 24.3 Å². The van der Waals surface area contributed by atoms with Gasteiger partial charge in [0.15, 0.2) is 0 Å². The summed E-state index contributed by atoms with van der Waals surface area (Å²) in [7, 11) is 0. The number of nitrogens with zero attached hydrogens (tertiary/aromatic N) is 2. The summed E-state index contributed by atoms with van der Waals surface area (Å²) in [6.07, 6.45) is 2.61. The van der Waals surface area contributed by atoms with Gasteiger partial charge in [0, 0.05) is 37.9 Å². The second-order valence-corrected chi connectivity index (χ2v) is 5.98. The molecule has 2 fully saturated rings. The van der Waals surface area contributed by atoms with E-state index in [4.69, 9.17) is 4.74 Å². The average molecular weight is 317 g/mol. The van der Waals surface area contributed by atoms with Crippen molar-refractivity contribution < 1.29 is 14.3 Å². The number of benzene rings is 1. The first kappa shape index (κ1) is 15.8. The van der Waals surface area contributed by atoms with Crippen molar-refractivity contribution in [2.75, 3.05) is 38.1 Å². The van der Waals surface area contributed by atoms with Crippen molar-refractivity contribution in [1.82, 2.24) is 9.80 Å². The molecular formula is C17H23N3O3. The number of amides is 2. The largest absolute Gasteiger partial charge is 0.462 e. The summed E-state index contributed by atoms with van der Waals surface area (Å²) in [5.41, 5.74) is 1.18. The van der Waals surface area contributed by atoms with Gasteiger partial charge in [-0.2, -0.15) is 0 Å². The summed E-state index contributed by atoms with van der Waals surface area (Å²) >= 11 is 0. The second kappa shape index (κ2) is 7.00. The summed E-state index contributed by atoms with van der Waals surface area (Å²) in [5.74, 6) is -0.346.